The Morgan fingerprint density at radius 2 is 1.95 bits per heavy atom. The second kappa shape index (κ2) is 5.28. The van der Waals surface area contributed by atoms with E-state index in [9.17, 15) is 0 Å². The lowest BCUT2D eigenvalue weighted by Gasteiger charge is -2.02. The highest BCUT2D eigenvalue weighted by Gasteiger charge is 2.18. The average Bonchev–Trinajstić information content (AvgIpc) is 3.04. The van der Waals surface area contributed by atoms with Crippen molar-refractivity contribution in [1.29, 1.82) is 0 Å². The number of H-pyrrole nitrogens is 1. The molecule has 1 unspecified atom stereocenters. The summed E-state index contributed by atoms with van der Waals surface area (Å²) in [5.41, 5.74) is 2.01. The number of para-hydroxylation sites is 2. The van der Waals surface area contributed by atoms with Crippen LogP contribution in [0.2, 0.25) is 0 Å². The highest BCUT2D eigenvalue weighted by molar-refractivity contribution is 7.99. The number of nitrogens with one attached hydrogen (secondary N) is 1. The van der Waals surface area contributed by atoms with Gasteiger partial charge in [-0.1, -0.05) is 42.9 Å². The maximum Gasteiger partial charge on any atom is 0.239 e. The first-order chi connectivity index (χ1) is 9.63. The molecular formula is C14H16N4OS. The van der Waals surface area contributed by atoms with Crippen LogP contribution in [-0.4, -0.2) is 20.1 Å². The van der Waals surface area contributed by atoms with Crippen LogP contribution in [0.5, 0.6) is 0 Å². The lowest BCUT2D eigenvalue weighted by molar-refractivity contribution is 0.373. The maximum atomic E-state index is 5.31. The van der Waals surface area contributed by atoms with Gasteiger partial charge in [0.2, 0.25) is 5.89 Å². The molecule has 1 aromatic carbocycles. The topological polar surface area (TPSA) is 67.6 Å². The SMILES string of the molecule is CC(C)c1noc(C(C)Sc2nc3ccccc3[nH]2)n1. The Labute approximate surface area is 121 Å². The van der Waals surface area contributed by atoms with E-state index in [0.717, 1.165) is 22.0 Å². The molecular weight excluding hydrogens is 272 g/mol. The molecule has 2 heterocycles. The molecule has 2 aromatic heterocycles. The molecule has 0 aliphatic rings. The summed E-state index contributed by atoms with van der Waals surface area (Å²) >= 11 is 1.58. The highest BCUT2D eigenvalue weighted by Crippen LogP contribution is 2.33. The van der Waals surface area contributed by atoms with E-state index in [2.05, 4.69) is 20.1 Å². The van der Waals surface area contributed by atoms with Gasteiger partial charge in [-0.15, -0.1) is 0 Å². The summed E-state index contributed by atoms with van der Waals surface area (Å²) in [5, 5.41) is 4.92. The van der Waals surface area contributed by atoms with Gasteiger partial charge in [-0.2, -0.15) is 4.98 Å². The lowest BCUT2D eigenvalue weighted by Crippen LogP contribution is -1.93. The minimum absolute atomic E-state index is 0.0653. The molecule has 0 fully saturated rings. The fraction of sp³-hybridized carbons (Fsp3) is 0.357. The summed E-state index contributed by atoms with van der Waals surface area (Å²) in [6.07, 6.45) is 0. The summed E-state index contributed by atoms with van der Waals surface area (Å²) in [4.78, 5) is 12.2. The van der Waals surface area contributed by atoms with Crippen molar-refractivity contribution in [2.24, 2.45) is 0 Å². The van der Waals surface area contributed by atoms with Crippen LogP contribution in [0.15, 0.2) is 33.9 Å². The Morgan fingerprint density at radius 1 is 1.15 bits per heavy atom. The minimum Gasteiger partial charge on any atom is -0.338 e. The van der Waals surface area contributed by atoms with Crippen LogP contribution in [0.4, 0.5) is 0 Å². The van der Waals surface area contributed by atoms with Crippen molar-refractivity contribution in [2.45, 2.75) is 37.1 Å². The summed E-state index contributed by atoms with van der Waals surface area (Å²) in [6, 6.07) is 7.98. The monoisotopic (exact) mass is 288 g/mol. The zero-order chi connectivity index (χ0) is 14.1. The molecule has 1 atom stereocenters. The van der Waals surface area contributed by atoms with Crippen molar-refractivity contribution < 1.29 is 4.52 Å². The molecule has 0 saturated carbocycles. The normalized spacial score (nSPS) is 13.2. The number of aromatic nitrogens is 4. The summed E-state index contributed by atoms with van der Waals surface area (Å²) in [6.45, 7) is 6.13. The van der Waals surface area contributed by atoms with Crippen LogP contribution in [0.1, 0.15) is 43.7 Å². The largest absolute Gasteiger partial charge is 0.338 e. The van der Waals surface area contributed by atoms with Gasteiger partial charge < -0.3 is 9.51 Å². The number of nitrogens with zero attached hydrogens (tertiary/aromatic N) is 3. The van der Waals surface area contributed by atoms with Gasteiger partial charge in [0, 0.05) is 5.92 Å². The molecule has 0 spiro atoms. The molecule has 1 N–H and O–H groups in total. The second-order valence-corrected chi connectivity index (χ2v) is 6.29. The highest BCUT2D eigenvalue weighted by atomic mass is 32.2. The number of benzene rings is 1. The molecule has 0 radical (unpaired) electrons. The molecule has 20 heavy (non-hydrogen) atoms. The van der Waals surface area contributed by atoms with Crippen LogP contribution < -0.4 is 0 Å². The first kappa shape index (κ1) is 13.2. The Balaban J connectivity index is 1.78. The first-order valence-electron chi connectivity index (χ1n) is 6.58. The van der Waals surface area contributed by atoms with E-state index in [1.807, 2.05) is 45.0 Å². The van der Waals surface area contributed by atoms with Crippen molar-refractivity contribution in [2.75, 3.05) is 0 Å². The molecule has 0 aliphatic carbocycles. The van der Waals surface area contributed by atoms with E-state index in [0.29, 0.717) is 5.89 Å². The van der Waals surface area contributed by atoms with E-state index in [1.54, 1.807) is 11.8 Å². The standard InChI is InChI=1S/C14H16N4OS/c1-8(2)12-17-13(19-18-12)9(3)20-14-15-10-6-4-5-7-11(10)16-14/h4-9H,1-3H3,(H,15,16). The van der Waals surface area contributed by atoms with E-state index in [4.69, 9.17) is 4.52 Å². The molecule has 0 amide bonds. The zero-order valence-corrected chi connectivity index (χ0v) is 12.4. The van der Waals surface area contributed by atoms with Gasteiger partial charge in [-0.3, -0.25) is 0 Å². The van der Waals surface area contributed by atoms with Gasteiger partial charge in [-0.25, -0.2) is 4.98 Å². The van der Waals surface area contributed by atoms with Crippen LogP contribution in [0.3, 0.4) is 0 Å². The quantitative estimate of drug-likeness (QED) is 0.737. The molecule has 3 aromatic rings. The summed E-state index contributed by atoms with van der Waals surface area (Å²) in [5.74, 6) is 1.66. The minimum atomic E-state index is 0.0653. The van der Waals surface area contributed by atoms with Crippen LogP contribution in [-0.2, 0) is 0 Å². The van der Waals surface area contributed by atoms with Gasteiger partial charge in [0.1, 0.15) is 0 Å². The van der Waals surface area contributed by atoms with Crippen LogP contribution in [0.25, 0.3) is 11.0 Å². The van der Waals surface area contributed by atoms with Gasteiger partial charge in [-0.05, 0) is 19.1 Å². The molecule has 0 saturated heterocycles. The molecule has 0 aliphatic heterocycles. The number of imidazole rings is 1. The van der Waals surface area contributed by atoms with Crippen LogP contribution >= 0.6 is 11.8 Å². The number of rotatable bonds is 4. The third kappa shape index (κ3) is 2.56. The lowest BCUT2D eigenvalue weighted by atomic mass is 10.2. The molecule has 6 heteroatoms. The average molecular weight is 288 g/mol. The molecule has 5 nitrogen and oxygen atoms in total. The number of hydrogen-bond acceptors (Lipinski definition) is 5. The van der Waals surface area contributed by atoms with Crippen molar-refractivity contribution in [1.82, 2.24) is 20.1 Å². The van der Waals surface area contributed by atoms with E-state index in [1.165, 1.54) is 0 Å². The number of thioether (sulfide) groups is 1. The van der Waals surface area contributed by atoms with E-state index >= 15 is 0 Å². The van der Waals surface area contributed by atoms with E-state index in [-0.39, 0.29) is 11.2 Å². The van der Waals surface area contributed by atoms with Gasteiger partial charge in [0.15, 0.2) is 11.0 Å². The van der Waals surface area contributed by atoms with Crippen LogP contribution in [0, 0.1) is 0 Å². The smallest absolute Gasteiger partial charge is 0.239 e. The Morgan fingerprint density at radius 3 is 2.65 bits per heavy atom. The molecule has 3 rings (SSSR count). The van der Waals surface area contributed by atoms with Gasteiger partial charge in [0.05, 0.1) is 16.3 Å². The number of aromatic amines is 1. The zero-order valence-electron chi connectivity index (χ0n) is 11.6. The van der Waals surface area contributed by atoms with Gasteiger partial charge in [0.25, 0.3) is 0 Å². The number of hydrogen-bond donors (Lipinski definition) is 1. The Bertz CT molecular complexity index is 686. The fourth-order valence-electron chi connectivity index (χ4n) is 1.85. The van der Waals surface area contributed by atoms with Crippen molar-refractivity contribution in [3.63, 3.8) is 0 Å². The Hall–Kier alpha value is -1.82. The summed E-state index contributed by atoms with van der Waals surface area (Å²) < 4.78 is 5.31. The van der Waals surface area contributed by atoms with E-state index < -0.39 is 0 Å². The van der Waals surface area contributed by atoms with Crippen molar-refractivity contribution in [3.05, 3.63) is 36.0 Å². The van der Waals surface area contributed by atoms with Crippen molar-refractivity contribution >= 4 is 22.8 Å². The summed E-state index contributed by atoms with van der Waals surface area (Å²) in [7, 11) is 0. The number of fused-ring (bicyclic) bond motifs is 1. The second-order valence-electron chi connectivity index (χ2n) is 4.96. The predicted octanol–water partition coefficient (Wildman–Crippen LogP) is 3.92. The first-order valence-corrected chi connectivity index (χ1v) is 7.46. The fourth-order valence-corrected chi connectivity index (χ4v) is 2.70. The van der Waals surface area contributed by atoms with Crippen molar-refractivity contribution in [3.8, 4) is 0 Å². The predicted molar refractivity (Wildman–Crippen MR) is 78.8 cm³/mol. The third-order valence-corrected chi connectivity index (χ3v) is 3.95. The Kier molecular flexibility index (Phi) is 3.48. The molecule has 104 valence electrons. The maximum absolute atomic E-state index is 5.31. The van der Waals surface area contributed by atoms with Gasteiger partial charge >= 0.3 is 0 Å². The third-order valence-electron chi connectivity index (χ3n) is 2.98. The molecule has 0 bridgehead atoms.